The molecule has 0 saturated carbocycles. The van der Waals surface area contributed by atoms with Gasteiger partial charge in [-0.2, -0.15) is 38.5 Å². The molecule has 2 aliphatic heterocycles. The van der Waals surface area contributed by atoms with E-state index < -0.39 is 0 Å². The van der Waals surface area contributed by atoms with E-state index in [-0.39, 0.29) is 0 Å². The molecule has 1 unspecified atom stereocenters. The minimum absolute atomic E-state index is 0.417. The molecular formula is C12H21N7S2. The summed E-state index contributed by atoms with van der Waals surface area (Å²) < 4.78 is 0. The van der Waals surface area contributed by atoms with E-state index >= 15 is 0 Å². The summed E-state index contributed by atoms with van der Waals surface area (Å²) in [6.07, 6.45) is 2.38. The topological polar surface area (TPSA) is 92.0 Å². The summed E-state index contributed by atoms with van der Waals surface area (Å²) >= 11 is 4.03. The van der Waals surface area contributed by atoms with Gasteiger partial charge in [-0.05, 0) is 12.8 Å². The average Bonchev–Trinajstić information content (AvgIpc) is 3.08. The van der Waals surface area contributed by atoms with Crippen molar-refractivity contribution >= 4 is 41.4 Å². The van der Waals surface area contributed by atoms with Gasteiger partial charge in [0.15, 0.2) is 0 Å². The van der Waals surface area contributed by atoms with Crippen molar-refractivity contribution < 1.29 is 0 Å². The molecule has 21 heavy (non-hydrogen) atoms. The lowest BCUT2D eigenvalue weighted by Gasteiger charge is -2.21. The van der Waals surface area contributed by atoms with Crippen LogP contribution in [0.15, 0.2) is 0 Å². The second-order valence-electron chi connectivity index (χ2n) is 5.07. The molecule has 0 spiro atoms. The Bertz CT molecular complexity index is 461. The summed E-state index contributed by atoms with van der Waals surface area (Å²) in [7, 11) is 0. The van der Waals surface area contributed by atoms with Crippen LogP contribution >= 0.6 is 23.5 Å². The molecule has 9 heteroatoms. The summed E-state index contributed by atoms with van der Waals surface area (Å²) in [5.41, 5.74) is 2.53. The molecule has 2 fully saturated rings. The number of nitrogens with zero attached hydrogens (tertiary/aromatic N) is 4. The van der Waals surface area contributed by atoms with Crippen LogP contribution in [-0.2, 0) is 0 Å². The molecule has 4 N–H and O–H groups in total. The van der Waals surface area contributed by atoms with Gasteiger partial charge in [0.2, 0.25) is 17.8 Å². The second-order valence-corrected chi connectivity index (χ2v) is 7.63. The molecule has 3 heterocycles. The van der Waals surface area contributed by atoms with Gasteiger partial charge in [-0.3, -0.25) is 5.43 Å². The zero-order valence-electron chi connectivity index (χ0n) is 11.9. The Balaban J connectivity index is 1.66. The minimum Gasteiger partial charge on any atom is -0.353 e. The highest BCUT2D eigenvalue weighted by Gasteiger charge is 2.18. The Morgan fingerprint density at radius 2 is 1.95 bits per heavy atom. The molecule has 116 valence electrons. The molecule has 0 amide bonds. The normalized spacial score (nSPS) is 22.3. The lowest BCUT2D eigenvalue weighted by Crippen LogP contribution is -2.26. The molecular weight excluding hydrogens is 306 g/mol. The van der Waals surface area contributed by atoms with Crippen molar-refractivity contribution in [1.29, 1.82) is 0 Å². The van der Waals surface area contributed by atoms with Gasteiger partial charge in [-0.25, -0.2) is 5.84 Å². The Hall–Kier alpha value is -0.930. The first kappa shape index (κ1) is 15.0. The van der Waals surface area contributed by atoms with Crippen LogP contribution in [0, 0.1) is 0 Å². The zero-order chi connectivity index (χ0) is 14.5. The molecule has 0 radical (unpaired) electrons. The van der Waals surface area contributed by atoms with Crippen molar-refractivity contribution in [1.82, 2.24) is 15.0 Å². The molecule has 1 aromatic rings. The van der Waals surface area contributed by atoms with Crippen LogP contribution in [0.1, 0.15) is 12.8 Å². The zero-order valence-corrected chi connectivity index (χ0v) is 13.5. The lowest BCUT2D eigenvalue weighted by molar-refractivity contribution is 0.872. The van der Waals surface area contributed by atoms with Gasteiger partial charge in [-0.15, -0.1) is 0 Å². The third-order valence-electron chi connectivity index (χ3n) is 3.51. The third-order valence-corrected chi connectivity index (χ3v) is 6.36. The molecule has 0 bridgehead atoms. The van der Waals surface area contributed by atoms with E-state index in [4.69, 9.17) is 5.84 Å². The van der Waals surface area contributed by atoms with Crippen LogP contribution in [0.3, 0.4) is 0 Å². The fourth-order valence-electron chi connectivity index (χ4n) is 2.43. The quantitative estimate of drug-likeness (QED) is 0.541. The molecule has 0 aliphatic carbocycles. The highest BCUT2D eigenvalue weighted by Crippen LogP contribution is 2.24. The third kappa shape index (κ3) is 4.04. The lowest BCUT2D eigenvalue weighted by atomic mass is 10.4. The Labute approximate surface area is 133 Å². The summed E-state index contributed by atoms with van der Waals surface area (Å²) in [5, 5.41) is 3.95. The van der Waals surface area contributed by atoms with E-state index in [2.05, 4.69) is 30.6 Å². The van der Waals surface area contributed by atoms with Crippen molar-refractivity contribution in [2.45, 2.75) is 18.1 Å². The molecule has 1 atom stereocenters. The SMILES string of the molecule is NNc1nc(NCC2CSCCS2)nc(N2CCCC2)n1. The molecule has 0 aromatic carbocycles. The highest BCUT2D eigenvalue weighted by molar-refractivity contribution is 8.06. The number of hydrazine groups is 1. The Morgan fingerprint density at radius 1 is 1.14 bits per heavy atom. The fraction of sp³-hybridized carbons (Fsp3) is 0.750. The number of thioether (sulfide) groups is 2. The van der Waals surface area contributed by atoms with Crippen LogP contribution in [0.2, 0.25) is 0 Å². The maximum Gasteiger partial charge on any atom is 0.243 e. The van der Waals surface area contributed by atoms with E-state index in [9.17, 15) is 0 Å². The smallest absolute Gasteiger partial charge is 0.243 e. The summed E-state index contributed by atoms with van der Waals surface area (Å²) in [6.45, 7) is 2.89. The second kappa shape index (κ2) is 7.37. The monoisotopic (exact) mass is 327 g/mol. The van der Waals surface area contributed by atoms with Gasteiger partial charge in [0.05, 0.1) is 0 Å². The number of rotatable bonds is 5. The maximum atomic E-state index is 5.47. The van der Waals surface area contributed by atoms with Crippen LogP contribution < -0.4 is 21.5 Å². The molecule has 2 saturated heterocycles. The standard InChI is InChI=1S/C12H21N7S2/c13-18-11-15-10(14-7-9-8-20-5-6-21-9)16-12(17-11)19-3-1-2-4-19/h9H,1-8,13H2,(H2,14,15,16,17,18). The van der Waals surface area contributed by atoms with Gasteiger partial charge >= 0.3 is 0 Å². The number of nitrogens with one attached hydrogen (secondary N) is 2. The van der Waals surface area contributed by atoms with Gasteiger partial charge in [0, 0.05) is 42.1 Å². The number of anilines is 3. The van der Waals surface area contributed by atoms with Crippen molar-refractivity contribution in [3.8, 4) is 0 Å². The first-order valence-electron chi connectivity index (χ1n) is 7.26. The minimum atomic E-state index is 0.417. The van der Waals surface area contributed by atoms with E-state index in [0.29, 0.717) is 23.1 Å². The van der Waals surface area contributed by atoms with E-state index in [1.807, 2.05) is 23.5 Å². The first-order chi connectivity index (χ1) is 10.3. The van der Waals surface area contributed by atoms with Crippen LogP contribution in [0.4, 0.5) is 17.8 Å². The molecule has 7 nitrogen and oxygen atoms in total. The van der Waals surface area contributed by atoms with E-state index in [0.717, 1.165) is 19.6 Å². The van der Waals surface area contributed by atoms with Crippen molar-refractivity contribution in [3.63, 3.8) is 0 Å². The van der Waals surface area contributed by atoms with Gasteiger partial charge < -0.3 is 10.2 Å². The summed E-state index contributed by atoms with van der Waals surface area (Å²) in [6, 6.07) is 0. The average molecular weight is 327 g/mol. The van der Waals surface area contributed by atoms with Crippen LogP contribution in [0.5, 0.6) is 0 Å². The highest BCUT2D eigenvalue weighted by atomic mass is 32.2. The van der Waals surface area contributed by atoms with Gasteiger partial charge in [0.25, 0.3) is 0 Å². The van der Waals surface area contributed by atoms with Crippen LogP contribution in [-0.4, -0.2) is 57.1 Å². The van der Waals surface area contributed by atoms with Gasteiger partial charge in [-0.1, -0.05) is 0 Å². The summed E-state index contributed by atoms with van der Waals surface area (Å²) in [4.78, 5) is 15.4. The van der Waals surface area contributed by atoms with E-state index in [1.165, 1.54) is 30.1 Å². The fourth-order valence-corrected chi connectivity index (χ4v) is 5.04. The predicted molar refractivity (Wildman–Crippen MR) is 91.1 cm³/mol. The molecule has 2 aliphatic rings. The van der Waals surface area contributed by atoms with Gasteiger partial charge in [0.1, 0.15) is 0 Å². The van der Waals surface area contributed by atoms with Crippen molar-refractivity contribution in [3.05, 3.63) is 0 Å². The first-order valence-corrected chi connectivity index (χ1v) is 9.46. The largest absolute Gasteiger partial charge is 0.353 e. The number of hydrogen-bond acceptors (Lipinski definition) is 9. The van der Waals surface area contributed by atoms with Crippen LogP contribution in [0.25, 0.3) is 0 Å². The Kier molecular flexibility index (Phi) is 5.26. The van der Waals surface area contributed by atoms with Crippen molar-refractivity contribution in [2.75, 3.05) is 52.5 Å². The number of aromatic nitrogens is 3. The van der Waals surface area contributed by atoms with Crippen molar-refractivity contribution in [2.24, 2.45) is 5.84 Å². The predicted octanol–water partition coefficient (Wildman–Crippen LogP) is 1.02. The molecule has 3 rings (SSSR count). The number of nitrogens with two attached hydrogens (primary N) is 1. The maximum absolute atomic E-state index is 5.47. The number of nitrogen functional groups attached to an aromatic ring is 1. The Morgan fingerprint density at radius 3 is 2.67 bits per heavy atom. The number of hydrogen-bond donors (Lipinski definition) is 3. The van der Waals surface area contributed by atoms with E-state index in [1.54, 1.807) is 0 Å². The summed E-state index contributed by atoms with van der Waals surface area (Å²) in [5.74, 6) is 10.9. The molecule has 1 aromatic heterocycles.